The van der Waals surface area contributed by atoms with Crippen LogP contribution in [0.2, 0.25) is 0 Å². The van der Waals surface area contributed by atoms with Crippen LogP contribution in [0.1, 0.15) is 12.5 Å². The molecule has 0 spiro atoms. The molecule has 0 saturated heterocycles. The minimum atomic E-state index is -0.240. The van der Waals surface area contributed by atoms with Gasteiger partial charge in [0.2, 0.25) is 5.91 Å². The smallest absolute Gasteiger partial charge is 0.230 e. The zero-order valence-corrected chi connectivity index (χ0v) is 8.53. The van der Waals surface area contributed by atoms with E-state index in [2.05, 4.69) is 11.9 Å². The molecule has 0 bridgehead atoms. The quantitative estimate of drug-likeness (QED) is 0.761. The van der Waals surface area contributed by atoms with Crippen LogP contribution in [-0.2, 0) is 4.79 Å². The molecule has 0 aliphatic carbocycles. The SMILES string of the molecule is C=CC(C)C(=O)Nc1cccc(C#N)c1. The van der Waals surface area contributed by atoms with Gasteiger partial charge in [0.05, 0.1) is 17.6 Å². The molecule has 0 heterocycles. The Morgan fingerprint density at radius 3 is 3.00 bits per heavy atom. The van der Waals surface area contributed by atoms with E-state index >= 15 is 0 Å². The summed E-state index contributed by atoms with van der Waals surface area (Å²) in [5.41, 5.74) is 1.16. The number of hydrogen-bond acceptors (Lipinski definition) is 2. The molecule has 3 nitrogen and oxygen atoms in total. The van der Waals surface area contributed by atoms with Gasteiger partial charge in [0.15, 0.2) is 0 Å². The molecular weight excluding hydrogens is 188 g/mol. The number of nitriles is 1. The van der Waals surface area contributed by atoms with E-state index in [4.69, 9.17) is 5.26 Å². The Morgan fingerprint density at radius 1 is 1.67 bits per heavy atom. The fraction of sp³-hybridized carbons (Fsp3) is 0.167. The molecule has 0 fully saturated rings. The van der Waals surface area contributed by atoms with E-state index in [-0.39, 0.29) is 11.8 Å². The van der Waals surface area contributed by atoms with Gasteiger partial charge in [-0.25, -0.2) is 0 Å². The first-order valence-electron chi connectivity index (χ1n) is 4.61. The Balaban J connectivity index is 2.77. The lowest BCUT2D eigenvalue weighted by Gasteiger charge is -2.07. The number of hydrogen-bond donors (Lipinski definition) is 1. The van der Waals surface area contributed by atoms with Crippen molar-refractivity contribution >= 4 is 11.6 Å². The number of carbonyl (C=O) groups excluding carboxylic acids is 1. The maximum atomic E-state index is 11.5. The summed E-state index contributed by atoms with van der Waals surface area (Å²) in [5.74, 6) is -0.365. The predicted octanol–water partition coefficient (Wildman–Crippen LogP) is 2.32. The number of rotatable bonds is 3. The van der Waals surface area contributed by atoms with Crippen molar-refractivity contribution in [2.24, 2.45) is 5.92 Å². The average molecular weight is 200 g/mol. The second kappa shape index (κ2) is 4.97. The Bertz CT molecular complexity index is 418. The first kappa shape index (κ1) is 11.0. The Morgan fingerprint density at radius 2 is 2.40 bits per heavy atom. The molecule has 1 rings (SSSR count). The third kappa shape index (κ3) is 2.96. The highest BCUT2D eigenvalue weighted by molar-refractivity contribution is 5.93. The van der Waals surface area contributed by atoms with E-state index in [0.717, 1.165) is 0 Å². The lowest BCUT2D eigenvalue weighted by molar-refractivity contribution is -0.118. The number of nitrogens with one attached hydrogen (secondary N) is 1. The topological polar surface area (TPSA) is 52.9 Å². The highest BCUT2D eigenvalue weighted by atomic mass is 16.1. The summed E-state index contributed by atoms with van der Waals surface area (Å²) >= 11 is 0. The molecule has 1 unspecified atom stereocenters. The average Bonchev–Trinajstić information content (AvgIpc) is 2.28. The van der Waals surface area contributed by atoms with Crippen molar-refractivity contribution in [3.63, 3.8) is 0 Å². The lowest BCUT2D eigenvalue weighted by atomic mass is 10.1. The summed E-state index contributed by atoms with van der Waals surface area (Å²) in [7, 11) is 0. The van der Waals surface area contributed by atoms with Crippen molar-refractivity contribution in [3.05, 3.63) is 42.5 Å². The summed E-state index contributed by atoms with van der Waals surface area (Å²) in [6, 6.07) is 8.81. The van der Waals surface area contributed by atoms with Crippen LogP contribution in [-0.4, -0.2) is 5.91 Å². The minimum Gasteiger partial charge on any atom is -0.326 e. The largest absolute Gasteiger partial charge is 0.326 e. The molecule has 0 aliphatic rings. The van der Waals surface area contributed by atoms with Gasteiger partial charge in [-0.1, -0.05) is 19.1 Å². The van der Waals surface area contributed by atoms with Crippen LogP contribution in [0.3, 0.4) is 0 Å². The molecule has 1 N–H and O–H groups in total. The number of benzene rings is 1. The van der Waals surface area contributed by atoms with Crippen molar-refractivity contribution < 1.29 is 4.79 Å². The third-order valence-electron chi connectivity index (χ3n) is 2.03. The van der Waals surface area contributed by atoms with Crippen LogP contribution in [0.15, 0.2) is 36.9 Å². The Kier molecular flexibility index (Phi) is 3.64. The Hall–Kier alpha value is -2.08. The molecule has 76 valence electrons. The molecule has 1 atom stereocenters. The van der Waals surface area contributed by atoms with Gasteiger partial charge >= 0.3 is 0 Å². The van der Waals surface area contributed by atoms with Gasteiger partial charge in [0.1, 0.15) is 0 Å². The van der Waals surface area contributed by atoms with Crippen LogP contribution in [0.4, 0.5) is 5.69 Å². The summed E-state index contributed by atoms with van der Waals surface area (Å²) in [6.45, 7) is 5.30. The fourth-order valence-corrected chi connectivity index (χ4v) is 1.03. The number of nitrogens with zero attached hydrogens (tertiary/aromatic N) is 1. The molecule has 0 aromatic heterocycles. The van der Waals surface area contributed by atoms with Gasteiger partial charge in [0.25, 0.3) is 0 Å². The molecule has 15 heavy (non-hydrogen) atoms. The zero-order valence-electron chi connectivity index (χ0n) is 8.53. The first-order valence-corrected chi connectivity index (χ1v) is 4.61. The number of amides is 1. The van der Waals surface area contributed by atoms with E-state index in [0.29, 0.717) is 11.3 Å². The predicted molar refractivity (Wildman–Crippen MR) is 59.1 cm³/mol. The highest BCUT2D eigenvalue weighted by Crippen LogP contribution is 2.11. The summed E-state index contributed by atoms with van der Waals surface area (Å²) in [5, 5.41) is 11.4. The van der Waals surface area contributed by atoms with Gasteiger partial charge in [-0.05, 0) is 18.2 Å². The molecule has 0 saturated carbocycles. The van der Waals surface area contributed by atoms with E-state index in [1.807, 2.05) is 6.07 Å². The van der Waals surface area contributed by atoms with Crippen molar-refractivity contribution in [2.75, 3.05) is 5.32 Å². The fourth-order valence-electron chi connectivity index (χ4n) is 1.03. The standard InChI is InChI=1S/C12H12N2O/c1-3-9(2)12(15)14-11-6-4-5-10(7-11)8-13/h3-7,9H,1H2,2H3,(H,14,15). The third-order valence-corrected chi connectivity index (χ3v) is 2.03. The van der Waals surface area contributed by atoms with Crippen LogP contribution in [0, 0.1) is 17.2 Å². The van der Waals surface area contributed by atoms with E-state index in [1.54, 1.807) is 37.3 Å². The molecule has 1 aromatic rings. The molecule has 1 aromatic carbocycles. The molecule has 1 amide bonds. The van der Waals surface area contributed by atoms with Crippen LogP contribution in [0.25, 0.3) is 0 Å². The summed E-state index contributed by atoms with van der Waals surface area (Å²) in [6.07, 6.45) is 1.57. The maximum Gasteiger partial charge on any atom is 0.230 e. The maximum absolute atomic E-state index is 11.5. The second-order valence-electron chi connectivity index (χ2n) is 3.21. The summed E-state index contributed by atoms with van der Waals surface area (Å²) < 4.78 is 0. The van der Waals surface area contributed by atoms with Crippen molar-refractivity contribution in [1.82, 2.24) is 0 Å². The summed E-state index contributed by atoms with van der Waals surface area (Å²) in [4.78, 5) is 11.5. The highest BCUT2D eigenvalue weighted by Gasteiger charge is 2.08. The minimum absolute atomic E-state index is 0.125. The first-order chi connectivity index (χ1) is 7.17. The van der Waals surface area contributed by atoms with Crippen molar-refractivity contribution in [3.8, 4) is 6.07 Å². The van der Waals surface area contributed by atoms with Crippen molar-refractivity contribution in [1.29, 1.82) is 5.26 Å². The van der Waals surface area contributed by atoms with Crippen LogP contribution in [0.5, 0.6) is 0 Å². The van der Waals surface area contributed by atoms with Gasteiger partial charge < -0.3 is 5.32 Å². The molecule has 3 heteroatoms. The number of anilines is 1. The lowest BCUT2D eigenvalue weighted by Crippen LogP contribution is -2.18. The van der Waals surface area contributed by atoms with E-state index < -0.39 is 0 Å². The molecule has 0 radical (unpaired) electrons. The van der Waals surface area contributed by atoms with E-state index in [9.17, 15) is 4.79 Å². The van der Waals surface area contributed by atoms with Crippen LogP contribution >= 0.6 is 0 Å². The number of carbonyl (C=O) groups is 1. The van der Waals surface area contributed by atoms with Gasteiger partial charge in [-0.2, -0.15) is 5.26 Å². The zero-order chi connectivity index (χ0) is 11.3. The van der Waals surface area contributed by atoms with Crippen molar-refractivity contribution in [2.45, 2.75) is 6.92 Å². The monoisotopic (exact) mass is 200 g/mol. The van der Waals surface area contributed by atoms with Crippen LogP contribution < -0.4 is 5.32 Å². The second-order valence-corrected chi connectivity index (χ2v) is 3.21. The Labute approximate surface area is 89.0 Å². The van der Waals surface area contributed by atoms with Gasteiger partial charge in [0, 0.05) is 5.69 Å². The van der Waals surface area contributed by atoms with E-state index in [1.165, 1.54) is 0 Å². The normalized spacial score (nSPS) is 11.2. The van der Waals surface area contributed by atoms with Gasteiger partial charge in [-0.15, -0.1) is 6.58 Å². The molecular formula is C12H12N2O. The molecule has 0 aliphatic heterocycles. The van der Waals surface area contributed by atoms with Gasteiger partial charge in [-0.3, -0.25) is 4.79 Å².